The van der Waals surface area contributed by atoms with Crippen molar-refractivity contribution in [2.45, 2.75) is 4.90 Å². The second-order valence-corrected chi connectivity index (χ2v) is 6.40. The second kappa shape index (κ2) is 5.55. The highest BCUT2D eigenvalue weighted by atomic mass is 35.5. The Kier molecular flexibility index (Phi) is 4.02. The van der Waals surface area contributed by atoms with Crippen LogP contribution < -0.4 is 0 Å². The predicted octanol–water partition coefficient (Wildman–Crippen LogP) is 3.22. The minimum atomic E-state index is -3.40. The summed E-state index contributed by atoms with van der Waals surface area (Å²) >= 11 is 5.78. The fourth-order valence-electron chi connectivity index (χ4n) is 1.62. The normalized spacial score (nSPS) is 11.2. The summed E-state index contributed by atoms with van der Waals surface area (Å²) in [6, 6.07) is 13.3. The molecule has 0 spiro atoms. The average Bonchev–Trinajstić information content (AvgIpc) is 2.39. The maximum absolute atomic E-state index is 12.2. The van der Waals surface area contributed by atoms with Gasteiger partial charge in [0.1, 0.15) is 5.15 Å². The third-order valence-electron chi connectivity index (χ3n) is 2.54. The molecule has 1 heterocycles. The largest absolute Gasteiger partial charge is 0.236 e. The first kappa shape index (κ1) is 13.8. The number of sulfone groups is 1. The number of halogens is 1. The molecule has 2 rings (SSSR count). The van der Waals surface area contributed by atoms with Crippen LogP contribution in [-0.2, 0) is 9.84 Å². The van der Waals surface area contributed by atoms with E-state index in [0.29, 0.717) is 16.4 Å². The summed E-state index contributed by atoms with van der Waals surface area (Å²) in [5.74, 6) is -0.176. The van der Waals surface area contributed by atoms with Gasteiger partial charge < -0.3 is 0 Å². The number of benzene rings is 1. The van der Waals surface area contributed by atoms with Crippen LogP contribution in [0.25, 0.3) is 5.57 Å². The van der Waals surface area contributed by atoms with Crippen molar-refractivity contribution in [2.24, 2.45) is 0 Å². The Morgan fingerprint density at radius 2 is 1.79 bits per heavy atom. The van der Waals surface area contributed by atoms with Gasteiger partial charge in [0.2, 0.25) is 0 Å². The zero-order chi connectivity index (χ0) is 13.9. The molecule has 0 unspecified atom stereocenters. The Balaban J connectivity index is 2.24. The van der Waals surface area contributed by atoms with E-state index in [1.54, 1.807) is 48.5 Å². The fraction of sp³-hybridized carbons (Fsp3) is 0.0714. The van der Waals surface area contributed by atoms with E-state index in [2.05, 4.69) is 11.6 Å². The molecule has 0 aliphatic rings. The van der Waals surface area contributed by atoms with Crippen LogP contribution in [0.1, 0.15) is 5.69 Å². The molecule has 0 fully saturated rings. The van der Waals surface area contributed by atoms with Crippen LogP contribution in [0.4, 0.5) is 0 Å². The molecule has 0 saturated heterocycles. The molecule has 19 heavy (non-hydrogen) atoms. The molecule has 3 nitrogen and oxygen atoms in total. The minimum absolute atomic E-state index is 0.176. The highest BCUT2D eigenvalue weighted by molar-refractivity contribution is 7.91. The first-order chi connectivity index (χ1) is 8.99. The van der Waals surface area contributed by atoms with E-state index in [9.17, 15) is 8.42 Å². The van der Waals surface area contributed by atoms with Crippen molar-refractivity contribution in [1.29, 1.82) is 0 Å². The highest BCUT2D eigenvalue weighted by Gasteiger charge is 2.17. The van der Waals surface area contributed by atoms with Gasteiger partial charge in [0, 0.05) is 0 Å². The summed E-state index contributed by atoms with van der Waals surface area (Å²) in [5, 5.41) is 0.316. The van der Waals surface area contributed by atoms with E-state index < -0.39 is 9.84 Å². The Labute approximate surface area is 117 Å². The van der Waals surface area contributed by atoms with Gasteiger partial charge in [0.05, 0.1) is 16.3 Å². The van der Waals surface area contributed by atoms with Crippen molar-refractivity contribution >= 4 is 27.0 Å². The Hall–Kier alpha value is -1.65. The number of nitrogens with zero attached hydrogens (tertiary/aromatic N) is 1. The van der Waals surface area contributed by atoms with Gasteiger partial charge in [-0.25, -0.2) is 13.4 Å². The molecule has 0 amide bonds. The van der Waals surface area contributed by atoms with Crippen LogP contribution in [0.5, 0.6) is 0 Å². The number of aromatic nitrogens is 1. The smallest absolute Gasteiger partial charge is 0.182 e. The molecular formula is C14H12ClNO2S. The van der Waals surface area contributed by atoms with E-state index in [0.717, 1.165) is 0 Å². The number of pyridine rings is 1. The number of hydrogen-bond acceptors (Lipinski definition) is 3. The van der Waals surface area contributed by atoms with Gasteiger partial charge in [0.15, 0.2) is 9.84 Å². The maximum atomic E-state index is 12.2. The van der Waals surface area contributed by atoms with Gasteiger partial charge in [-0.15, -0.1) is 0 Å². The zero-order valence-corrected chi connectivity index (χ0v) is 11.7. The van der Waals surface area contributed by atoms with Crippen molar-refractivity contribution < 1.29 is 8.42 Å². The molecular weight excluding hydrogens is 282 g/mol. The third kappa shape index (κ3) is 3.43. The molecule has 0 radical (unpaired) electrons. The quantitative estimate of drug-likeness (QED) is 0.813. The molecule has 0 N–H and O–H groups in total. The first-order valence-corrected chi connectivity index (χ1v) is 7.60. The third-order valence-corrected chi connectivity index (χ3v) is 4.47. The lowest BCUT2D eigenvalue weighted by Gasteiger charge is -2.07. The lowest BCUT2D eigenvalue weighted by molar-refractivity contribution is 0.599. The molecule has 2 aromatic rings. The molecule has 5 heteroatoms. The van der Waals surface area contributed by atoms with E-state index >= 15 is 0 Å². The summed E-state index contributed by atoms with van der Waals surface area (Å²) in [6.45, 7) is 3.78. The number of hydrogen-bond donors (Lipinski definition) is 0. The van der Waals surface area contributed by atoms with Crippen LogP contribution >= 0.6 is 11.6 Å². The fourth-order valence-corrected chi connectivity index (χ4v) is 3.13. The monoisotopic (exact) mass is 293 g/mol. The minimum Gasteiger partial charge on any atom is -0.236 e. The van der Waals surface area contributed by atoms with Crippen molar-refractivity contribution in [3.8, 4) is 0 Å². The van der Waals surface area contributed by atoms with Gasteiger partial charge >= 0.3 is 0 Å². The molecule has 1 aromatic carbocycles. The molecule has 0 bridgehead atoms. The summed E-state index contributed by atoms with van der Waals surface area (Å²) < 4.78 is 24.4. The van der Waals surface area contributed by atoms with Crippen LogP contribution in [0, 0.1) is 0 Å². The summed E-state index contributed by atoms with van der Waals surface area (Å²) in [4.78, 5) is 4.33. The van der Waals surface area contributed by atoms with Crippen LogP contribution in [0.15, 0.2) is 60.0 Å². The summed E-state index contributed by atoms with van der Waals surface area (Å²) in [5.41, 5.74) is 0.915. The maximum Gasteiger partial charge on any atom is 0.182 e. The molecule has 0 aliphatic carbocycles. The van der Waals surface area contributed by atoms with Crippen molar-refractivity contribution in [2.75, 3.05) is 5.75 Å². The van der Waals surface area contributed by atoms with Crippen molar-refractivity contribution in [3.63, 3.8) is 0 Å². The van der Waals surface area contributed by atoms with E-state index in [1.165, 1.54) is 0 Å². The SMILES string of the molecule is C=C(CS(=O)(=O)c1ccccc1)c1cccc(Cl)n1. The van der Waals surface area contributed by atoms with Gasteiger partial charge in [-0.05, 0) is 29.8 Å². The first-order valence-electron chi connectivity index (χ1n) is 5.57. The molecule has 1 aromatic heterocycles. The van der Waals surface area contributed by atoms with Crippen molar-refractivity contribution in [3.05, 3.63) is 66.0 Å². The van der Waals surface area contributed by atoms with E-state index in [4.69, 9.17) is 11.6 Å². The Morgan fingerprint density at radius 1 is 1.11 bits per heavy atom. The van der Waals surface area contributed by atoms with Crippen LogP contribution in [0.3, 0.4) is 0 Å². The molecule has 0 aliphatic heterocycles. The van der Waals surface area contributed by atoms with E-state index in [-0.39, 0.29) is 10.6 Å². The highest BCUT2D eigenvalue weighted by Crippen LogP contribution is 2.19. The van der Waals surface area contributed by atoms with Crippen LogP contribution in [-0.4, -0.2) is 19.2 Å². The van der Waals surface area contributed by atoms with Gasteiger partial charge in [0.25, 0.3) is 0 Å². The summed E-state index contributed by atoms with van der Waals surface area (Å²) in [7, 11) is -3.40. The second-order valence-electron chi connectivity index (χ2n) is 4.02. The average molecular weight is 294 g/mol. The topological polar surface area (TPSA) is 47.0 Å². The Bertz CT molecular complexity index is 696. The van der Waals surface area contributed by atoms with E-state index in [1.807, 2.05) is 0 Å². The molecule has 0 saturated carbocycles. The summed E-state index contributed by atoms with van der Waals surface area (Å²) in [6.07, 6.45) is 0. The Morgan fingerprint density at radius 3 is 2.42 bits per heavy atom. The lowest BCUT2D eigenvalue weighted by Crippen LogP contribution is -2.08. The zero-order valence-electron chi connectivity index (χ0n) is 10.1. The van der Waals surface area contributed by atoms with Gasteiger partial charge in [-0.2, -0.15) is 0 Å². The molecule has 98 valence electrons. The lowest BCUT2D eigenvalue weighted by atomic mass is 10.2. The van der Waals surface area contributed by atoms with Crippen molar-refractivity contribution in [1.82, 2.24) is 4.98 Å². The standard InChI is InChI=1S/C14H12ClNO2S/c1-11(13-8-5-9-14(15)16-13)10-19(17,18)12-6-3-2-4-7-12/h2-9H,1,10H2. The van der Waals surface area contributed by atoms with Gasteiger partial charge in [-0.1, -0.05) is 42.4 Å². The van der Waals surface area contributed by atoms with Crippen LogP contribution in [0.2, 0.25) is 5.15 Å². The predicted molar refractivity (Wildman–Crippen MR) is 76.8 cm³/mol. The molecule has 0 atom stereocenters. The van der Waals surface area contributed by atoms with Gasteiger partial charge in [-0.3, -0.25) is 0 Å². The number of rotatable bonds is 4.